The molecule has 3 nitrogen and oxygen atoms in total. The van der Waals surface area contributed by atoms with Gasteiger partial charge in [-0.25, -0.2) is 0 Å². The van der Waals surface area contributed by atoms with Crippen molar-refractivity contribution in [2.45, 2.75) is 39.2 Å². The van der Waals surface area contributed by atoms with E-state index < -0.39 is 0 Å². The lowest BCUT2D eigenvalue weighted by molar-refractivity contribution is 0.0983. The highest BCUT2D eigenvalue weighted by Crippen LogP contribution is 2.07. The molecule has 0 saturated heterocycles. The number of hydrogen-bond donors (Lipinski definition) is 1. The van der Waals surface area contributed by atoms with Crippen LogP contribution in [-0.2, 0) is 9.47 Å². The molecule has 0 spiro atoms. The molecule has 0 radical (unpaired) electrons. The van der Waals surface area contributed by atoms with E-state index in [2.05, 4.69) is 19.2 Å². The van der Waals surface area contributed by atoms with E-state index in [0.29, 0.717) is 12.0 Å². The highest BCUT2D eigenvalue weighted by atomic mass is 16.5. The van der Waals surface area contributed by atoms with E-state index in [1.807, 2.05) is 7.05 Å². The van der Waals surface area contributed by atoms with Crippen LogP contribution in [0.15, 0.2) is 0 Å². The molecule has 0 aliphatic heterocycles. The monoisotopic (exact) mass is 217 g/mol. The van der Waals surface area contributed by atoms with Gasteiger partial charge in [-0.1, -0.05) is 13.8 Å². The molecule has 0 aromatic rings. The van der Waals surface area contributed by atoms with Gasteiger partial charge in [0.25, 0.3) is 0 Å². The predicted molar refractivity (Wildman–Crippen MR) is 64.2 cm³/mol. The average molecular weight is 217 g/mol. The Bertz CT molecular complexity index is 129. The van der Waals surface area contributed by atoms with Gasteiger partial charge in [0, 0.05) is 33.0 Å². The average Bonchev–Trinajstić information content (AvgIpc) is 2.21. The molecule has 0 saturated carbocycles. The third-order valence-electron chi connectivity index (χ3n) is 2.62. The maximum absolute atomic E-state index is 5.50. The van der Waals surface area contributed by atoms with Crippen molar-refractivity contribution in [2.75, 3.05) is 34.0 Å². The SMILES string of the molecule is CNC(CCCOCCCOC)C(C)C. The molecule has 92 valence electrons. The zero-order valence-corrected chi connectivity index (χ0v) is 10.7. The van der Waals surface area contributed by atoms with Gasteiger partial charge in [0.05, 0.1) is 0 Å². The van der Waals surface area contributed by atoms with Gasteiger partial charge in [0.2, 0.25) is 0 Å². The second-order valence-corrected chi connectivity index (χ2v) is 4.24. The van der Waals surface area contributed by atoms with E-state index in [0.717, 1.165) is 32.7 Å². The van der Waals surface area contributed by atoms with Gasteiger partial charge < -0.3 is 14.8 Å². The van der Waals surface area contributed by atoms with Crippen LogP contribution in [0.2, 0.25) is 0 Å². The molecule has 1 unspecified atom stereocenters. The van der Waals surface area contributed by atoms with Crippen molar-refractivity contribution in [2.24, 2.45) is 5.92 Å². The number of rotatable bonds is 10. The van der Waals surface area contributed by atoms with E-state index in [4.69, 9.17) is 9.47 Å². The van der Waals surface area contributed by atoms with Crippen molar-refractivity contribution in [1.82, 2.24) is 5.32 Å². The zero-order valence-electron chi connectivity index (χ0n) is 10.7. The standard InChI is InChI=1S/C12H27NO2/c1-11(2)12(13-3)7-5-9-15-10-6-8-14-4/h11-13H,5-10H2,1-4H3. The van der Waals surface area contributed by atoms with Crippen LogP contribution in [0.5, 0.6) is 0 Å². The van der Waals surface area contributed by atoms with Crippen molar-refractivity contribution < 1.29 is 9.47 Å². The summed E-state index contributed by atoms with van der Waals surface area (Å²) in [4.78, 5) is 0. The largest absolute Gasteiger partial charge is 0.385 e. The summed E-state index contributed by atoms with van der Waals surface area (Å²) < 4.78 is 10.4. The molecular weight excluding hydrogens is 190 g/mol. The fraction of sp³-hybridized carbons (Fsp3) is 1.00. The Morgan fingerprint density at radius 1 is 1.07 bits per heavy atom. The van der Waals surface area contributed by atoms with Crippen LogP contribution in [-0.4, -0.2) is 40.0 Å². The Morgan fingerprint density at radius 3 is 2.27 bits per heavy atom. The van der Waals surface area contributed by atoms with Gasteiger partial charge >= 0.3 is 0 Å². The van der Waals surface area contributed by atoms with Gasteiger partial charge in [-0.2, -0.15) is 0 Å². The molecule has 0 rings (SSSR count). The maximum atomic E-state index is 5.50. The predicted octanol–water partition coefficient (Wildman–Crippen LogP) is 2.06. The van der Waals surface area contributed by atoms with Crippen molar-refractivity contribution in [1.29, 1.82) is 0 Å². The van der Waals surface area contributed by atoms with Gasteiger partial charge in [-0.05, 0) is 32.2 Å². The fourth-order valence-corrected chi connectivity index (χ4v) is 1.62. The molecular formula is C12H27NO2. The fourth-order valence-electron chi connectivity index (χ4n) is 1.62. The zero-order chi connectivity index (χ0) is 11.5. The quantitative estimate of drug-likeness (QED) is 0.568. The number of hydrogen-bond acceptors (Lipinski definition) is 3. The van der Waals surface area contributed by atoms with Crippen molar-refractivity contribution in [3.8, 4) is 0 Å². The van der Waals surface area contributed by atoms with Gasteiger partial charge in [0.1, 0.15) is 0 Å². The van der Waals surface area contributed by atoms with Crippen molar-refractivity contribution in [3.05, 3.63) is 0 Å². The third kappa shape index (κ3) is 8.85. The summed E-state index contributed by atoms with van der Waals surface area (Å²) in [6, 6.07) is 0.618. The lowest BCUT2D eigenvalue weighted by Crippen LogP contribution is -2.30. The summed E-state index contributed by atoms with van der Waals surface area (Å²) in [6.45, 7) is 6.99. The van der Waals surface area contributed by atoms with Crippen molar-refractivity contribution >= 4 is 0 Å². The molecule has 0 amide bonds. The summed E-state index contributed by atoms with van der Waals surface area (Å²) in [6.07, 6.45) is 3.32. The second-order valence-electron chi connectivity index (χ2n) is 4.24. The highest BCUT2D eigenvalue weighted by Gasteiger charge is 2.09. The van der Waals surface area contributed by atoms with Crippen LogP contribution in [0.1, 0.15) is 33.1 Å². The van der Waals surface area contributed by atoms with E-state index in [9.17, 15) is 0 Å². The Balaban J connectivity index is 3.22. The van der Waals surface area contributed by atoms with Crippen LogP contribution in [0.25, 0.3) is 0 Å². The maximum Gasteiger partial charge on any atom is 0.0487 e. The van der Waals surface area contributed by atoms with Crippen LogP contribution in [0, 0.1) is 5.92 Å². The molecule has 0 aliphatic carbocycles. The minimum atomic E-state index is 0.618. The Kier molecular flexibility index (Phi) is 10.3. The summed E-state index contributed by atoms with van der Waals surface area (Å²) >= 11 is 0. The minimum absolute atomic E-state index is 0.618. The van der Waals surface area contributed by atoms with Gasteiger partial charge in [-0.15, -0.1) is 0 Å². The molecule has 1 atom stereocenters. The van der Waals surface area contributed by atoms with Crippen LogP contribution in [0.4, 0.5) is 0 Å². The third-order valence-corrected chi connectivity index (χ3v) is 2.62. The van der Waals surface area contributed by atoms with Gasteiger partial charge in [0.15, 0.2) is 0 Å². The molecule has 15 heavy (non-hydrogen) atoms. The molecule has 1 N–H and O–H groups in total. The minimum Gasteiger partial charge on any atom is -0.385 e. The molecule has 0 fully saturated rings. The van der Waals surface area contributed by atoms with E-state index in [-0.39, 0.29) is 0 Å². The Labute approximate surface area is 94.5 Å². The first kappa shape index (κ1) is 14.9. The summed E-state index contributed by atoms with van der Waals surface area (Å²) in [5.41, 5.74) is 0. The smallest absolute Gasteiger partial charge is 0.0487 e. The molecule has 0 bridgehead atoms. The normalized spacial score (nSPS) is 13.4. The second kappa shape index (κ2) is 10.4. The first-order valence-corrected chi connectivity index (χ1v) is 5.96. The number of ether oxygens (including phenoxy) is 2. The molecule has 3 heteroatoms. The van der Waals surface area contributed by atoms with Crippen molar-refractivity contribution in [3.63, 3.8) is 0 Å². The lowest BCUT2D eigenvalue weighted by Gasteiger charge is -2.19. The topological polar surface area (TPSA) is 30.5 Å². The Hall–Kier alpha value is -0.120. The van der Waals surface area contributed by atoms with E-state index in [1.54, 1.807) is 7.11 Å². The first-order chi connectivity index (χ1) is 7.22. The summed E-state index contributed by atoms with van der Waals surface area (Å²) in [7, 11) is 3.75. The van der Waals surface area contributed by atoms with Crippen LogP contribution >= 0.6 is 0 Å². The van der Waals surface area contributed by atoms with Gasteiger partial charge in [-0.3, -0.25) is 0 Å². The van der Waals surface area contributed by atoms with E-state index >= 15 is 0 Å². The molecule has 0 heterocycles. The summed E-state index contributed by atoms with van der Waals surface area (Å²) in [5, 5.41) is 3.34. The number of methoxy groups -OCH3 is 1. The number of nitrogens with one attached hydrogen (secondary N) is 1. The Morgan fingerprint density at radius 2 is 1.73 bits per heavy atom. The van der Waals surface area contributed by atoms with Crippen LogP contribution in [0.3, 0.4) is 0 Å². The highest BCUT2D eigenvalue weighted by molar-refractivity contribution is 4.67. The van der Waals surface area contributed by atoms with Crippen LogP contribution < -0.4 is 5.32 Å². The molecule has 0 aromatic carbocycles. The molecule has 0 aromatic heterocycles. The first-order valence-electron chi connectivity index (χ1n) is 5.96. The van der Waals surface area contributed by atoms with E-state index in [1.165, 1.54) is 6.42 Å². The summed E-state index contributed by atoms with van der Waals surface area (Å²) in [5.74, 6) is 0.698. The molecule has 0 aliphatic rings. The lowest BCUT2D eigenvalue weighted by atomic mass is 10.00.